The Morgan fingerprint density at radius 3 is 2.41 bits per heavy atom. The molecular weight excluding hydrogens is 228 g/mol. The van der Waals surface area contributed by atoms with Crippen LogP contribution >= 0.6 is 0 Å². The van der Waals surface area contributed by atoms with Crippen LogP contribution in [0.5, 0.6) is 5.75 Å². The van der Waals surface area contributed by atoms with E-state index >= 15 is 0 Å². The summed E-state index contributed by atoms with van der Waals surface area (Å²) < 4.78 is 31.7. The van der Waals surface area contributed by atoms with E-state index in [4.69, 9.17) is 15.1 Å². The topological polar surface area (TPSA) is 53.2 Å². The molecular formula is C12H13F2NO2. The first kappa shape index (κ1) is 13.4. The van der Waals surface area contributed by atoms with Crippen molar-refractivity contribution in [2.75, 3.05) is 6.61 Å². The fourth-order valence-corrected chi connectivity index (χ4v) is 1.32. The van der Waals surface area contributed by atoms with Gasteiger partial charge in [-0.15, -0.1) is 0 Å². The van der Waals surface area contributed by atoms with E-state index in [1.807, 2.05) is 6.07 Å². The number of unbranched alkanes of at least 4 members (excludes halogenated alkanes) is 2. The third-order valence-corrected chi connectivity index (χ3v) is 2.17. The van der Waals surface area contributed by atoms with Gasteiger partial charge in [-0.2, -0.15) is 5.26 Å². The van der Waals surface area contributed by atoms with E-state index in [0.717, 1.165) is 12.1 Å². The van der Waals surface area contributed by atoms with Crippen LogP contribution < -0.4 is 4.74 Å². The zero-order valence-electron chi connectivity index (χ0n) is 9.25. The number of aliphatic hydroxyl groups is 1. The van der Waals surface area contributed by atoms with E-state index in [9.17, 15) is 8.78 Å². The van der Waals surface area contributed by atoms with Crippen molar-refractivity contribution in [2.45, 2.75) is 25.9 Å². The Bertz CT molecular complexity index is 392. The number of aliphatic hydroxyl groups excluding tert-OH is 1. The van der Waals surface area contributed by atoms with Crippen LogP contribution in [0.15, 0.2) is 12.1 Å². The molecule has 0 saturated heterocycles. The van der Waals surface area contributed by atoms with Gasteiger partial charge in [0.1, 0.15) is 0 Å². The van der Waals surface area contributed by atoms with E-state index in [-0.39, 0.29) is 12.2 Å². The van der Waals surface area contributed by atoms with Crippen LogP contribution in [0.25, 0.3) is 0 Å². The first-order valence-electron chi connectivity index (χ1n) is 5.27. The fourth-order valence-electron chi connectivity index (χ4n) is 1.32. The first-order valence-corrected chi connectivity index (χ1v) is 5.27. The highest BCUT2D eigenvalue weighted by molar-refractivity contribution is 5.31. The van der Waals surface area contributed by atoms with Gasteiger partial charge in [0.15, 0.2) is 17.4 Å². The SMILES string of the molecule is N#CCCCCOc1c(F)cc(CO)cc1F. The Hall–Kier alpha value is -1.67. The van der Waals surface area contributed by atoms with Crippen LogP contribution in [0.1, 0.15) is 24.8 Å². The van der Waals surface area contributed by atoms with Gasteiger partial charge in [0.05, 0.1) is 19.3 Å². The molecule has 3 nitrogen and oxygen atoms in total. The molecule has 1 aromatic rings. The molecule has 17 heavy (non-hydrogen) atoms. The summed E-state index contributed by atoms with van der Waals surface area (Å²) in [6.07, 6.45) is 1.60. The standard InChI is InChI=1S/C12H13F2NO2/c13-10-6-9(8-16)7-11(14)12(10)17-5-3-1-2-4-15/h6-7,16H,1-3,5,8H2. The van der Waals surface area contributed by atoms with Crippen LogP contribution in [-0.4, -0.2) is 11.7 Å². The average Bonchev–Trinajstić information content (AvgIpc) is 2.31. The molecule has 0 aromatic heterocycles. The molecule has 92 valence electrons. The molecule has 0 aliphatic heterocycles. The highest BCUT2D eigenvalue weighted by Gasteiger charge is 2.12. The second-order valence-corrected chi connectivity index (χ2v) is 3.51. The molecule has 0 aliphatic carbocycles. The molecule has 0 bridgehead atoms. The minimum Gasteiger partial charge on any atom is -0.488 e. The van der Waals surface area contributed by atoms with Gasteiger partial charge in [-0.05, 0) is 30.5 Å². The van der Waals surface area contributed by atoms with E-state index in [2.05, 4.69) is 0 Å². The second-order valence-electron chi connectivity index (χ2n) is 3.51. The summed E-state index contributed by atoms with van der Waals surface area (Å²) in [7, 11) is 0. The highest BCUT2D eigenvalue weighted by Crippen LogP contribution is 2.23. The van der Waals surface area contributed by atoms with Crippen LogP contribution in [0.4, 0.5) is 8.78 Å². The number of benzene rings is 1. The lowest BCUT2D eigenvalue weighted by Crippen LogP contribution is -2.02. The second kappa shape index (κ2) is 6.81. The average molecular weight is 241 g/mol. The maximum atomic E-state index is 13.3. The summed E-state index contributed by atoms with van der Waals surface area (Å²) in [5.74, 6) is -2.08. The van der Waals surface area contributed by atoms with E-state index in [1.54, 1.807) is 0 Å². The summed E-state index contributed by atoms with van der Waals surface area (Å²) in [5, 5.41) is 17.0. The number of nitrogens with zero attached hydrogens (tertiary/aromatic N) is 1. The molecule has 0 heterocycles. The number of ether oxygens (including phenoxy) is 1. The molecule has 0 atom stereocenters. The van der Waals surface area contributed by atoms with Gasteiger partial charge in [-0.1, -0.05) is 0 Å². The number of halogens is 2. The van der Waals surface area contributed by atoms with Crippen molar-refractivity contribution in [3.05, 3.63) is 29.3 Å². The zero-order chi connectivity index (χ0) is 12.7. The molecule has 1 aromatic carbocycles. The third kappa shape index (κ3) is 4.00. The minimum atomic E-state index is -0.825. The van der Waals surface area contributed by atoms with Crippen molar-refractivity contribution >= 4 is 0 Å². The lowest BCUT2D eigenvalue weighted by Gasteiger charge is -2.08. The van der Waals surface area contributed by atoms with E-state index in [0.29, 0.717) is 19.3 Å². The van der Waals surface area contributed by atoms with Gasteiger partial charge in [0.2, 0.25) is 0 Å². The zero-order valence-corrected chi connectivity index (χ0v) is 9.25. The third-order valence-electron chi connectivity index (χ3n) is 2.17. The summed E-state index contributed by atoms with van der Waals surface area (Å²) in [6, 6.07) is 4.04. The summed E-state index contributed by atoms with van der Waals surface area (Å²) in [5.41, 5.74) is 0.164. The Morgan fingerprint density at radius 2 is 1.88 bits per heavy atom. The van der Waals surface area contributed by atoms with Crippen molar-refractivity contribution in [1.82, 2.24) is 0 Å². The minimum absolute atomic E-state index is 0.161. The van der Waals surface area contributed by atoms with E-state index in [1.165, 1.54) is 0 Å². The van der Waals surface area contributed by atoms with Gasteiger partial charge in [0, 0.05) is 6.42 Å². The summed E-state index contributed by atoms with van der Waals surface area (Å²) >= 11 is 0. The fraction of sp³-hybridized carbons (Fsp3) is 0.417. The van der Waals surface area contributed by atoms with Crippen molar-refractivity contribution in [3.63, 3.8) is 0 Å². The van der Waals surface area contributed by atoms with Crippen LogP contribution in [0.2, 0.25) is 0 Å². The molecule has 0 aliphatic rings. The van der Waals surface area contributed by atoms with Crippen molar-refractivity contribution in [3.8, 4) is 11.8 Å². The van der Waals surface area contributed by atoms with Gasteiger partial charge >= 0.3 is 0 Å². The summed E-state index contributed by atoms with van der Waals surface area (Å²) in [6.45, 7) is -0.260. The predicted molar refractivity (Wildman–Crippen MR) is 57.2 cm³/mol. The quantitative estimate of drug-likeness (QED) is 0.778. The van der Waals surface area contributed by atoms with Crippen molar-refractivity contribution in [2.24, 2.45) is 0 Å². The maximum Gasteiger partial charge on any atom is 0.190 e. The lowest BCUT2D eigenvalue weighted by molar-refractivity contribution is 0.268. The van der Waals surface area contributed by atoms with Crippen LogP contribution in [0.3, 0.4) is 0 Å². The van der Waals surface area contributed by atoms with Crippen LogP contribution in [0, 0.1) is 23.0 Å². The molecule has 0 spiro atoms. The van der Waals surface area contributed by atoms with Crippen molar-refractivity contribution in [1.29, 1.82) is 5.26 Å². The molecule has 1 N–H and O–H groups in total. The summed E-state index contributed by atoms with van der Waals surface area (Å²) in [4.78, 5) is 0. The normalized spacial score (nSPS) is 10.0. The molecule has 0 amide bonds. The lowest BCUT2D eigenvalue weighted by atomic mass is 10.2. The number of rotatable bonds is 6. The van der Waals surface area contributed by atoms with Gasteiger partial charge in [-0.25, -0.2) is 8.78 Å². The Morgan fingerprint density at radius 1 is 1.24 bits per heavy atom. The molecule has 0 radical (unpaired) electrons. The highest BCUT2D eigenvalue weighted by atomic mass is 19.1. The molecule has 5 heteroatoms. The Balaban J connectivity index is 2.56. The molecule has 0 unspecified atom stereocenters. The van der Waals surface area contributed by atoms with Gasteiger partial charge < -0.3 is 9.84 Å². The number of nitriles is 1. The Kier molecular flexibility index (Phi) is 5.37. The smallest absolute Gasteiger partial charge is 0.190 e. The monoisotopic (exact) mass is 241 g/mol. The van der Waals surface area contributed by atoms with Gasteiger partial charge in [0.25, 0.3) is 0 Å². The maximum absolute atomic E-state index is 13.3. The first-order chi connectivity index (χ1) is 8.19. The molecule has 0 fully saturated rings. The Labute approximate surface area is 98.3 Å². The number of hydrogen-bond donors (Lipinski definition) is 1. The number of hydrogen-bond acceptors (Lipinski definition) is 3. The van der Waals surface area contributed by atoms with Crippen LogP contribution in [-0.2, 0) is 6.61 Å². The van der Waals surface area contributed by atoms with Crippen molar-refractivity contribution < 1.29 is 18.6 Å². The predicted octanol–water partition coefficient (Wildman–Crippen LogP) is 2.53. The molecule has 0 saturated carbocycles. The van der Waals surface area contributed by atoms with E-state index < -0.39 is 24.0 Å². The largest absolute Gasteiger partial charge is 0.488 e. The van der Waals surface area contributed by atoms with Gasteiger partial charge in [-0.3, -0.25) is 0 Å². The molecule has 1 rings (SSSR count).